The second kappa shape index (κ2) is 4.66. The Morgan fingerprint density at radius 1 is 1.37 bits per heavy atom. The summed E-state index contributed by atoms with van der Waals surface area (Å²) in [4.78, 5) is 0. The van der Waals surface area contributed by atoms with Crippen LogP contribution in [-0.2, 0) is 11.8 Å². The monoisotopic (exact) mass is 258 g/mol. The highest BCUT2D eigenvalue weighted by Gasteiger charge is 2.33. The van der Waals surface area contributed by atoms with Crippen molar-refractivity contribution in [2.75, 3.05) is 25.1 Å². The zero-order valence-corrected chi connectivity index (χ0v) is 11.3. The molecular weight excluding hydrogens is 240 g/mol. The van der Waals surface area contributed by atoms with Gasteiger partial charge < -0.3 is 14.6 Å². The van der Waals surface area contributed by atoms with E-state index in [9.17, 15) is 0 Å². The van der Waals surface area contributed by atoms with E-state index in [1.165, 1.54) is 0 Å². The highest BCUT2D eigenvalue weighted by Crippen LogP contribution is 2.30. The van der Waals surface area contributed by atoms with Crippen LogP contribution in [0.4, 0.5) is 5.69 Å². The van der Waals surface area contributed by atoms with E-state index in [1.807, 2.05) is 23.7 Å². The Morgan fingerprint density at radius 2 is 2.16 bits per heavy atom. The van der Waals surface area contributed by atoms with Gasteiger partial charge in [0.25, 0.3) is 0 Å². The largest absolute Gasteiger partial charge is 0.384 e. The number of hydrogen-bond acceptors (Lipinski definition) is 4. The topological polar surface area (TPSA) is 52.0 Å². The SMILES string of the molecule is Cn1cnnc1-c1ccccc1NCC1(C)COC1. The van der Waals surface area contributed by atoms with Crippen LogP contribution < -0.4 is 5.32 Å². The number of anilines is 1. The van der Waals surface area contributed by atoms with E-state index >= 15 is 0 Å². The molecule has 100 valence electrons. The first-order valence-corrected chi connectivity index (χ1v) is 6.43. The van der Waals surface area contributed by atoms with Crippen LogP contribution in [-0.4, -0.2) is 34.5 Å². The van der Waals surface area contributed by atoms with Gasteiger partial charge in [-0.05, 0) is 12.1 Å². The number of hydrogen-bond donors (Lipinski definition) is 1. The highest BCUT2D eigenvalue weighted by molar-refractivity contribution is 5.73. The number of para-hydroxylation sites is 1. The van der Waals surface area contributed by atoms with Gasteiger partial charge in [0.2, 0.25) is 0 Å². The average molecular weight is 258 g/mol. The number of nitrogens with one attached hydrogen (secondary N) is 1. The van der Waals surface area contributed by atoms with E-state index in [2.05, 4.69) is 34.6 Å². The van der Waals surface area contributed by atoms with Gasteiger partial charge in [-0.2, -0.15) is 0 Å². The third kappa shape index (κ3) is 2.33. The van der Waals surface area contributed by atoms with Crippen molar-refractivity contribution in [2.45, 2.75) is 6.92 Å². The molecule has 0 spiro atoms. The van der Waals surface area contributed by atoms with Crippen LogP contribution in [0.15, 0.2) is 30.6 Å². The van der Waals surface area contributed by atoms with Crippen LogP contribution in [0.1, 0.15) is 6.92 Å². The molecular formula is C14H18N4O. The van der Waals surface area contributed by atoms with E-state index in [0.717, 1.165) is 36.8 Å². The van der Waals surface area contributed by atoms with E-state index in [-0.39, 0.29) is 5.41 Å². The molecule has 5 heteroatoms. The maximum Gasteiger partial charge on any atom is 0.165 e. The minimum absolute atomic E-state index is 0.243. The standard InChI is InChI=1S/C14H18N4O/c1-14(8-19-9-14)7-15-12-6-4-3-5-11(12)13-17-16-10-18(13)2/h3-6,10,15H,7-9H2,1-2H3. The molecule has 1 N–H and O–H groups in total. The van der Waals surface area contributed by atoms with Gasteiger partial charge in [-0.15, -0.1) is 10.2 Å². The molecule has 1 aromatic carbocycles. The molecule has 1 aliphatic heterocycles. The normalized spacial score (nSPS) is 16.9. The second-order valence-electron chi connectivity index (χ2n) is 5.47. The molecule has 5 nitrogen and oxygen atoms in total. The van der Waals surface area contributed by atoms with Crippen LogP contribution in [0, 0.1) is 5.41 Å². The molecule has 19 heavy (non-hydrogen) atoms. The Bertz CT molecular complexity index is 574. The van der Waals surface area contributed by atoms with Gasteiger partial charge >= 0.3 is 0 Å². The van der Waals surface area contributed by atoms with Crippen LogP contribution in [0.5, 0.6) is 0 Å². The molecule has 1 fully saturated rings. The highest BCUT2D eigenvalue weighted by atomic mass is 16.5. The van der Waals surface area contributed by atoms with Crippen molar-refractivity contribution in [1.82, 2.24) is 14.8 Å². The minimum atomic E-state index is 0.243. The molecule has 0 unspecified atom stereocenters. The first kappa shape index (κ1) is 12.2. The van der Waals surface area contributed by atoms with E-state index in [4.69, 9.17) is 4.74 Å². The molecule has 1 aromatic heterocycles. The first-order valence-electron chi connectivity index (χ1n) is 6.43. The molecule has 3 rings (SSSR count). The Morgan fingerprint density at radius 3 is 2.79 bits per heavy atom. The van der Waals surface area contributed by atoms with Crippen LogP contribution in [0.3, 0.4) is 0 Å². The van der Waals surface area contributed by atoms with Gasteiger partial charge in [-0.25, -0.2) is 0 Å². The number of aromatic nitrogens is 3. The van der Waals surface area contributed by atoms with Gasteiger partial charge in [0.05, 0.1) is 13.2 Å². The molecule has 0 atom stereocenters. The van der Waals surface area contributed by atoms with Gasteiger partial charge in [-0.1, -0.05) is 19.1 Å². The summed E-state index contributed by atoms with van der Waals surface area (Å²) in [6.07, 6.45) is 1.72. The lowest BCUT2D eigenvalue weighted by atomic mass is 9.88. The molecule has 1 aliphatic rings. The predicted molar refractivity (Wildman–Crippen MR) is 73.9 cm³/mol. The number of benzene rings is 1. The Balaban J connectivity index is 1.83. The summed E-state index contributed by atoms with van der Waals surface area (Å²) < 4.78 is 7.21. The van der Waals surface area contributed by atoms with Crippen molar-refractivity contribution < 1.29 is 4.74 Å². The number of rotatable bonds is 4. The van der Waals surface area contributed by atoms with Gasteiger partial charge in [0.1, 0.15) is 6.33 Å². The van der Waals surface area contributed by atoms with Crippen molar-refractivity contribution in [1.29, 1.82) is 0 Å². The van der Waals surface area contributed by atoms with Crippen LogP contribution in [0.2, 0.25) is 0 Å². The van der Waals surface area contributed by atoms with E-state index in [1.54, 1.807) is 6.33 Å². The Labute approximate surface area is 112 Å². The molecule has 0 radical (unpaired) electrons. The lowest BCUT2D eigenvalue weighted by Crippen LogP contribution is -2.45. The van der Waals surface area contributed by atoms with Crippen molar-refractivity contribution in [3.05, 3.63) is 30.6 Å². The lowest BCUT2D eigenvalue weighted by Gasteiger charge is -2.38. The minimum Gasteiger partial charge on any atom is -0.384 e. The molecule has 0 amide bonds. The van der Waals surface area contributed by atoms with E-state index < -0.39 is 0 Å². The molecule has 0 aliphatic carbocycles. The predicted octanol–water partition coefficient (Wildman–Crippen LogP) is 1.93. The quantitative estimate of drug-likeness (QED) is 0.910. The smallest absolute Gasteiger partial charge is 0.165 e. The molecule has 2 heterocycles. The zero-order chi connectivity index (χ0) is 13.3. The summed E-state index contributed by atoms with van der Waals surface area (Å²) in [6.45, 7) is 4.79. The number of aryl methyl sites for hydroxylation is 1. The van der Waals surface area contributed by atoms with Crippen molar-refractivity contribution in [3.8, 4) is 11.4 Å². The van der Waals surface area contributed by atoms with Gasteiger partial charge in [0, 0.05) is 30.3 Å². The van der Waals surface area contributed by atoms with E-state index in [0.29, 0.717) is 0 Å². The first-order chi connectivity index (χ1) is 9.18. The molecule has 0 saturated carbocycles. The summed E-state index contributed by atoms with van der Waals surface area (Å²) in [5.74, 6) is 0.873. The molecule has 0 bridgehead atoms. The summed E-state index contributed by atoms with van der Waals surface area (Å²) in [6, 6.07) is 8.18. The maximum absolute atomic E-state index is 5.28. The molecule has 1 saturated heterocycles. The molecule has 2 aromatic rings. The van der Waals surface area contributed by atoms with Crippen LogP contribution in [0.25, 0.3) is 11.4 Å². The fourth-order valence-electron chi connectivity index (χ4n) is 2.22. The van der Waals surface area contributed by atoms with Gasteiger partial charge in [-0.3, -0.25) is 0 Å². The third-order valence-corrected chi connectivity index (χ3v) is 3.49. The summed E-state index contributed by atoms with van der Waals surface area (Å²) in [7, 11) is 1.95. The Hall–Kier alpha value is -1.88. The van der Waals surface area contributed by atoms with Crippen molar-refractivity contribution in [2.24, 2.45) is 12.5 Å². The summed E-state index contributed by atoms with van der Waals surface area (Å²) in [5.41, 5.74) is 2.41. The summed E-state index contributed by atoms with van der Waals surface area (Å²) >= 11 is 0. The van der Waals surface area contributed by atoms with Crippen molar-refractivity contribution >= 4 is 5.69 Å². The van der Waals surface area contributed by atoms with Crippen molar-refractivity contribution in [3.63, 3.8) is 0 Å². The Kier molecular flexibility index (Phi) is 2.98. The fourth-order valence-corrected chi connectivity index (χ4v) is 2.22. The fraction of sp³-hybridized carbons (Fsp3) is 0.429. The summed E-state index contributed by atoms with van der Waals surface area (Å²) in [5, 5.41) is 11.6. The number of nitrogens with zero attached hydrogens (tertiary/aromatic N) is 3. The van der Waals surface area contributed by atoms with Gasteiger partial charge in [0.15, 0.2) is 5.82 Å². The third-order valence-electron chi connectivity index (χ3n) is 3.49. The lowest BCUT2D eigenvalue weighted by molar-refractivity contribution is -0.0924. The van der Waals surface area contributed by atoms with Crippen LogP contribution >= 0.6 is 0 Å². The zero-order valence-electron chi connectivity index (χ0n) is 11.3. The maximum atomic E-state index is 5.28. The number of ether oxygens (including phenoxy) is 1. The average Bonchev–Trinajstić information content (AvgIpc) is 2.81. The second-order valence-corrected chi connectivity index (χ2v) is 5.47.